The Morgan fingerprint density at radius 3 is 2.39 bits per heavy atom. The van der Waals surface area contributed by atoms with Crippen LogP contribution in [0.15, 0.2) is 70.6 Å². The molecule has 1 N–H and O–H groups in total. The summed E-state index contributed by atoms with van der Waals surface area (Å²) in [6.45, 7) is 4.09. The number of carbonyl (C=O) groups excluding carboxylic acids is 1. The van der Waals surface area contributed by atoms with Gasteiger partial charge < -0.3 is 9.67 Å². The van der Waals surface area contributed by atoms with Crippen molar-refractivity contribution < 1.29 is 14.7 Å². The van der Waals surface area contributed by atoms with E-state index in [9.17, 15) is 9.59 Å². The smallest absolute Gasteiger partial charge is 0.335 e. The van der Waals surface area contributed by atoms with Crippen LogP contribution in [-0.2, 0) is 4.79 Å². The van der Waals surface area contributed by atoms with E-state index in [-0.39, 0.29) is 11.5 Å². The molecular formula is C24H21N3O3S. The molecule has 4 rings (SSSR count). The van der Waals surface area contributed by atoms with Crippen LogP contribution in [0.2, 0.25) is 0 Å². The molecule has 0 radical (unpaired) electrons. The first-order chi connectivity index (χ1) is 14.8. The molecule has 3 aromatic rings. The molecule has 1 aliphatic rings. The topological polar surface area (TPSA) is 74.9 Å². The van der Waals surface area contributed by atoms with Gasteiger partial charge in [0, 0.05) is 24.1 Å². The third-order valence-corrected chi connectivity index (χ3v) is 6.17. The standard InChI is InChI=1S/C24H21N3O3S/c1-15-13-18(16(2)27(15)20-7-5-4-6-8-20)14-21-22(28)26(3)24(31-21)25-19-11-9-17(10-12-19)23(29)30/h4-14H,1-3H3,(H,29,30)/b21-14-,25-24?. The summed E-state index contributed by atoms with van der Waals surface area (Å²) in [5.41, 5.74) is 5.00. The van der Waals surface area contributed by atoms with E-state index in [4.69, 9.17) is 5.11 Å². The number of likely N-dealkylation sites (N-methyl/N-ethyl adjacent to an activating group) is 1. The molecule has 31 heavy (non-hydrogen) atoms. The minimum Gasteiger partial charge on any atom is -0.478 e. The lowest BCUT2D eigenvalue weighted by molar-refractivity contribution is -0.121. The lowest BCUT2D eigenvalue weighted by Crippen LogP contribution is -2.23. The Kier molecular flexibility index (Phi) is 5.52. The number of hydrogen-bond donors (Lipinski definition) is 1. The normalized spacial score (nSPS) is 16.5. The van der Waals surface area contributed by atoms with Crippen LogP contribution in [0.5, 0.6) is 0 Å². The van der Waals surface area contributed by atoms with Crippen LogP contribution in [0.4, 0.5) is 5.69 Å². The number of aryl methyl sites for hydroxylation is 1. The fourth-order valence-electron chi connectivity index (χ4n) is 3.49. The lowest BCUT2D eigenvalue weighted by Gasteiger charge is -2.09. The average Bonchev–Trinajstić information content (AvgIpc) is 3.19. The minimum atomic E-state index is -0.986. The molecule has 1 amide bonds. The number of carboxylic acid groups (broad SMARTS) is 1. The third kappa shape index (κ3) is 4.04. The maximum absolute atomic E-state index is 12.8. The summed E-state index contributed by atoms with van der Waals surface area (Å²) in [6, 6.07) is 18.4. The highest BCUT2D eigenvalue weighted by molar-refractivity contribution is 8.18. The summed E-state index contributed by atoms with van der Waals surface area (Å²) in [6.07, 6.45) is 1.90. The number of amidine groups is 1. The summed E-state index contributed by atoms with van der Waals surface area (Å²) < 4.78 is 2.17. The van der Waals surface area contributed by atoms with E-state index in [0.29, 0.717) is 15.8 Å². The molecule has 156 valence electrons. The molecule has 0 atom stereocenters. The second kappa shape index (κ2) is 8.28. The summed E-state index contributed by atoms with van der Waals surface area (Å²) >= 11 is 1.31. The number of rotatable bonds is 4. The lowest BCUT2D eigenvalue weighted by atomic mass is 10.2. The molecule has 2 aromatic carbocycles. The molecule has 0 saturated carbocycles. The molecule has 0 aliphatic carbocycles. The number of aliphatic imine (C=N–C) groups is 1. The highest BCUT2D eigenvalue weighted by Crippen LogP contribution is 2.34. The molecule has 1 saturated heterocycles. The van der Waals surface area contributed by atoms with E-state index in [1.807, 2.05) is 38.1 Å². The van der Waals surface area contributed by atoms with Crippen molar-refractivity contribution in [3.05, 3.63) is 88.1 Å². The van der Waals surface area contributed by atoms with Crippen LogP contribution >= 0.6 is 11.8 Å². The van der Waals surface area contributed by atoms with E-state index in [1.54, 1.807) is 19.2 Å². The highest BCUT2D eigenvalue weighted by Gasteiger charge is 2.30. The van der Waals surface area contributed by atoms with Crippen molar-refractivity contribution in [1.82, 2.24) is 9.47 Å². The summed E-state index contributed by atoms with van der Waals surface area (Å²) in [5.74, 6) is -1.10. The fraction of sp³-hybridized carbons (Fsp3) is 0.125. The Morgan fingerprint density at radius 2 is 1.74 bits per heavy atom. The molecule has 0 unspecified atom stereocenters. The molecule has 1 aromatic heterocycles. The van der Waals surface area contributed by atoms with Crippen LogP contribution in [0.1, 0.15) is 27.3 Å². The molecule has 0 bridgehead atoms. The zero-order valence-electron chi connectivity index (χ0n) is 17.4. The van der Waals surface area contributed by atoms with Gasteiger partial charge in [0.05, 0.1) is 16.2 Å². The molecule has 1 aliphatic heterocycles. The highest BCUT2D eigenvalue weighted by atomic mass is 32.2. The van der Waals surface area contributed by atoms with Gasteiger partial charge in [-0.3, -0.25) is 9.69 Å². The molecule has 1 fully saturated rings. The second-order valence-corrected chi connectivity index (χ2v) is 8.23. The van der Waals surface area contributed by atoms with Gasteiger partial charge in [0.15, 0.2) is 5.17 Å². The number of aromatic nitrogens is 1. The molecular weight excluding hydrogens is 410 g/mol. The number of carboxylic acids is 1. The van der Waals surface area contributed by atoms with Crippen molar-refractivity contribution in [3.63, 3.8) is 0 Å². The maximum atomic E-state index is 12.8. The van der Waals surface area contributed by atoms with Crippen molar-refractivity contribution in [2.24, 2.45) is 4.99 Å². The Labute approximate surface area is 184 Å². The Bertz CT molecular complexity index is 1220. The van der Waals surface area contributed by atoms with Crippen LogP contribution < -0.4 is 0 Å². The van der Waals surface area contributed by atoms with Crippen LogP contribution in [0, 0.1) is 13.8 Å². The van der Waals surface area contributed by atoms with Crippen LogP contribution in [0.25, 0.3) is 11.8 Å². The van der Waals surface area contributed by atoms with Gasteiger partial charge in [-0.2, -0.15) is 0 Å². The van der Waals surface area contributed by atoms with Crippen molar-refractivity contribution in [2.75, 3.05) is 7.05 Å². The first-order valence-electron chi connectivity index (χ1n) is 9.69. The van der Waals surface area contributed by atoms with Crippen LogP contribution in [-0.4, -0.2) is 38.7 Å². The van der Waals surface area contributed by atoms with Gasteiger partial charge in [0.2, 0.25) is 0 Å². The van der Waals surface area contributed by atoms with Gasteiger partial charge >= 0.3 is 5.97 Å². The Balaban J connectivity index is 1.64. The van der Waals surface area contributed by atoms with E-state index in [0.717, 1.165) is 22.6 Å². The summed E-state index contributed by atoms with van der Waals surface area (Å²) in [4.78, 5) is 30.4. The monoisotopic (exact) mass is 431 g/mol. The third-order valence-electron chi connectivity index (χ3n) is 5.11. The van der Waals surface area contributed by atoms with Crippen molar-refractivity contribution in [3.8, 4) is 5.69 Å². The average molecular weight is 432 g/mol. The quantitative estimate of drug-likeness (QED) is 0.588. The summed E-state index contributed by atoms with van der Waals surface area (Å²) in [7, 11) is 1.69. The van der Waals surface area contributed by atoms with Gasteiger partial charge in [-0.1, -0.05) is 18.2 Å². The molecule has 2 heterocycles. The number of nitrogens with zero attached hydrogens (tertiary/aromatic N) is 3. The number of para-hydroxylation sites is 1. The number of carbonyl (C=O) groups is 2. The van der Waals surface area contributed by atoms with Gasteiger partial charge in [0.1, 0.15) is 0 Å². The molecule has 6 nitrogen and oxygen atoms in total. The maximum Gasteiger partial charge on any atom is 0.335 e. The number of amides is 1. The van der Waals surface area contributed by atoms with Gasteiger partial charge in [-0.05, 0) is 79.7 Å². The van der Waals surface area contributed by atoms with E-state index < -0.39 is 5.97 Å². The number of thioether (sulfide) groups is 1. The Hall–Kier alpha value is -3.58. The number of benzene rings is 2. The zero-order chi connectivity index (χ0) is 22.1. The van der Waals surface area contributed by atoms with Crippen LogP contribution in [0.3, 0.4) is 0 Å². The van der Waals surface area contributed by atoms with Gasteiger partial charge in [0.25, 0.3) is 5.91 Å². The SMILES string of the molecule is Cc1cc(/C=C2\SC(=Nc3ccc(C(=O)O)cc3)N(C)C2=O)c(C)n1-c1ccccc1. The zero-order valence-corrected chi connectivity index (χ0v) is 18.2. The van der Waals surface area contributed by atoms with Crippen molar-refractivity contribution in [1.29, 1.82) is 0 Å². The predicted molar refractivity (Wildman–Crippen MR) is 124 cm³/mol. The Morgan fingerprint density at radius 1 is 1.06 bits per heavy atom. The first kappa shape index (κ1) is 20.7. The first-order valence-corrected chi connectivity index (χ1v) is 10.5. The van der Waals surface area contributed by atoms with Crippen molar-refractivity contribution >= 4 is 40.6 Å². The number of aromatic carboxylic acids is 1. The summed E-state index contributed by atoms with van der Waals surface area (Å²) in [5, 5.41) is 9.58. The van der Waals surface area contributed by atoms with Crippen molar-refractivity contribution in [2.45, 2.75) is 13.8 Å². The van der Waals surface area contributed by atoms with E-state index in [1.165, 1.54) is 28.8 Å². The molecule has 0 spiro atoms. The largest absolute Gasteiger partial charge is 0.478 e. The van der Waals surface area contributed by atoms with E-state index >= 15 is 0 Å². The van der Waals surface area contributed by atoms with Gasteiger partial charge in [-0.25, -0.2) is 9.79 Å². The molecule has 7 heteroatoms. The predicted octanol–water partition coefficient (Wildman–Crippen LogP) is 5.03. The van der Waals surface area contributed by atoms with E-state index in [2.05, 4.69) is 27.8 Å². The minimum absolute atomic E-state index is 0.115. The second-order valence-electron chi connectivity index (χ2n) is 7.22. The van der Waals surface area contributed by atoms with Gasteiger partial charge in [-0.15, -0.1) is 0 Å². The number of hydrogen-bond acceptors (Lipinski definition) is 4. The fourth-order valence-corrected chi connectivity index (χ4v) is 4.47.